The Hall–Kier alpha value is -2.35. The lowest BCUT2D eigenvalue weighted by molar-refractivity contribution is -0.151. The number of thioether (sulfide) groups is 1. The van der Waals surface area contributed by atoms with Gasteiger partial charge < -0.3 is 10.4 Å². The topological polar surface area (TPSA) is 113 Å². The number of benzene rings is 2. The summed E-state index contributed by atoms with van der Waals surface area (Å²) in [6.07, 6.45) is -0.909. The Bertz CT molecular complexity index is 1150. The summed E-state index contributed by atoms with van der Waals surface area (Å²) in [6, 6.07) is 7.44. The molecule has 1 aliphatic rings. The van der Waals surface area contributed by atoms with Gasteiger partial charge in [0.15, 0.2) is 6.23 Å². The van der Waals surface area contributed by atoms with Crippen LogP contribution in [0, 0.1) is 0 Å². The first-order chi connectivity index (χ1) is 15.0. The lowest BCUT2D eigenvalue weighted by Gasteiger charge is -2.32. The second-order valence-electron chi connectivity index (χ2n) is 6.81. The summed E-state index contributed by atoms with van der Waals surface area (Å²) >= 11 is 1.38. The minimum atomic E-state index is -6.16. The summed E-state index contributed by atoms with van der Waals surface area (Å²) in [5, 5.41) is 13.9. The summed E-state index contributed by atoms with van der Waals surface area (Å²) in [4.78, 5) is 24.9. The first-order valence-corrected chi connectivity index (χ1v) is 11.8. The molecule has 0 aliphatic carbocycles. The summed E-state index contributed by atoms with van der Waals surface area (Å²) < 4.78 is 64.8. The predicted molar refractivity (Wildman–Crippen MR) is 110 cm³/mol. The molecular weight excluding hydrogens is 473 g/mol. The number of nitrogens with zero attached hydrogens (tertiary/aromatic N) is 1. The van der Waals surface area contributed by atoms with E-state index in [0.29, 0.717) is 29.0 Å². The van der Waals surface area contributed by atoms with Crippen molar-refractivity contribution in [2.45, 2.75) is 36.4 Å². The van der Waals surface area contributed by atoms with Crippen molar-refractivity contribution in [2.75, 3.05) is 12.3 Å². The van der Waals surface area contributed by atoms with Gasteiger partial charge in [0, 0.05) is 34.6 Å². The molecule has 0 bridgehead atoms. The van der Waals surface area contributed by atoms with Gasteiger partial charge in [-0.2, -0.15) is 26.7 Å². The van der Waals surface area contributed by atoms with Crippen molar-refractivity contribution in [1.29, 1.82) is 0 Å². The molecule has 0 saturated carbocycles. The largest absolute Gasteiger partial charge is 0.525 e. The van der Waals surface area contributed by atoms with Crippen molar-refractivity contribution < 1.29 is 40.6 Å². The number of rotatable bonds is 8. The quantitative estimate of drug-likeness (QED) is 0.331. The normalized spacial score (nSPS) is 16.5. The predicted octanol–water partition coefficient (Wildman–Crippen LogP) is 3.08. The Kier molecular flexibility index (Phi) is 7.03. The monoisotopic (exact) mass is 492 g/mol. The highest BCUT2D eigenvalue weighted by Gasteiger charge is 2.51. The zero-order valence-corrected chi connectivity index (χ0v) is 18.3. The lowest BCUT2D eigenvalue weighted by Crippen LogP contribution is -2.42. The van der Waals surface area contributed by atoms with Crippen LogP contribution >= 0.6 is 11.8 Å². The van der Waals surface area contributed by atoms with Gasteiger partial charge in [0.05, 0.1) is 5.56 Å². The molecule has 13 heteroatoms. The van der Waals surface area contributed by atoms with E-state index in [4.69, 9.17) is 0 Å². The van der Waals surface area contributed by atoms with Crippen LogP contribution in [-0.2, 0) is 19.2 Å². The van der Waals surface area contributed by atoms with Gasteiger partial charge in [-0.25, -0.2) is 0 Å². The average molecular weight is 492 g/mol. The number of carbonyl (C=O) groups is 2. The van der Waals surface area contributed by atoms with E-state index in [2.05, 4.69) is 9.60 Å². The maximum atomic E-state index is 12.7. The molecule has 0 fully saturated rings. The minimum absolute atomic E-state index is 0.0215. The Morgan fingerprint density at radius 3 is 2.66 bits per heavy atom. The molecule has 2 aromatic rings. The molecule has 32 heavy (non-hydrogen) atoms. The number of aliphatic hydroxyl groups excluding tert-OH is 1. The molecule has 2 aromatic carbocycles. The minimum Gasteiger partial charge on any atom is -0.367 e. The standard InChI is InChI=1S/C19H19F3N2O6S2/c1-2-4-15(25)23-9-10-31-14-8-7-13-16-11(14)5-3-6-12(16)17(26)24(18(13)27)30-32(28,29)19(20,21)22/h3,5-8,17,26H,2,4,9-10H2,1H3,(H,23,25). The van der Waals surface area contributed by atoms with Crippen LogP contribution in [0.5, 0.6) is 0 Å². The average Bonchev–Trinajstić information content (AvgIpc) is 2.72. The van der Waals surface area contributed by atoms with Gasteiger partial charge in [0.1, 0.15) is 0 Å². The summed E-state index contributed by atoms with van der Waals surface area (Å²) in [5.41, 5.74) is -5.86. The number of carbonyl (C=O) groups excluding carboxylic acids is 2. The van der Waals surface area contributed by atoms with Crippen LogP contribution in [0.15, 0.2) is 35.2 Å². The molecule has 2 amide bonds. The van der Waals surface area contributed by atoms with Crippen molar-refractivity contribution in [2.24, 2.45) is 0 Å². The molecule has 1 unspecified atom stereocenters. The van der Waals surface area contributed by atoms with E-state index in [0.717, 1.165) is 6.42 Å². The van der Waals surface area contributed by atoms with E-state index in [9.17, 15) is 36.3 Å². The maximum Gasteiger partial charge on any atom is 0.525 e. The highest BCUT2D eigenvalue weighted by molar-refractivity contribution is 7.99. The van der Waals surface area contributed by atoms with Gasteiger partial charge in [0.25, 0.3) is 5.91 Å². The Balaban J connectivity index is 1.88. The van der Waals surface area contributed by atoms with Crippen molar-refractivity contribution >= 4 is 44.5 Å². The van der Waals surface area contributed by atoms with E-state index in [-0.39, 0.29) is 27.5 Å². The molecular formula is C19H19F3N2O6S2. The van der Waals surface area contributed by atoms with Crippen LogP contribution in [0.4, 0.5) is 13.2 Å². The highest BCUT2D eigenvalue weighted by atomic mass is 32.2. The number of hydrogen-bond acceptors (Lipinski definition) is 7. The number of halogens is 3. The SMILES string of the molecule is CCCC(=O)NCCSc1ccc2c3c(cccc13)C(O)N(OS(=O)(=O)C(F)(F)F)C2=O. The van der Waals surface area contributed by atoms with Crippen molar-refractivity contribution in [3.05, 3.63) is 41.5 Å². The van der Waals surface area contributed by atoms with Crippen molar-refractivity contribution in [3.63, 3.8) is 0 Å². The third-order valence-electron chi connectivity index (χ3n) is 4.58. The van der Waals surface area contributed by atoms with Crippen LogP contribution in [-0.4, -0.2) is 48.2 Å². The number of alkyl halides is 3. The molecule has 0 radical (unpaired) electrons. The van der Waals surface area contributed by atoms with Gasteiger partial charge in [-0.05, 0) is 23.9 Å². The van der Waals surface area contributed by atoms with Crippen LogP contribution in [0.3, 0.4) is 0 Å². The van der Waals surface area contributed by atoms with Crippen LogP contribution in [0.25, 0.3) is 10.8 Å². The zero-order chi connectivity index (χ0) is 23.7. The van der Waals surface area contributed by atoms with Crippen LogP contribution in [0.2, 0.25) is 0 Å². The molecule has 3 rings (SSSR count). The second kappa shape index (κ2) is 9.25. The smallest absolute Gasteiger partial charge is 0.367 e. The molecule has 174 valence electrons. The number of amides is 2. The van der Waals surface area contributed by atoms with Gasteiger partial charge in [-0.15, -0.1) is 16.0 Å². The molecule has 0 spiro atoms. The number of aliphatic hydroxyl groups is 1. The molecule has 1 atom stereocenters. The first kappa shape index (κ1) is 24.3. The molecule has 1 heterocycles. The van der Waals surface area contributed by atoms with Crippen molar-refractivity contribution in [3.8, 4) is 0 Å². The second-order valence-corrected chi connectivity index (χ2v) is 9.47. The number of hydroxylamine groups is 2. The summed E-state index contributed by atoms with van der Waals surface area (Å²) in [5.74, 6) is -0.769. The van der Waals surface area contributed by atoms with Gasteiger partial charge >= 0.3 is 15.6 Å². The zero-order valence-electron chi connectivity index (χ0n) is 16.7. The van der Waals surface area contributed by atoms with E-state index in [1.807, 2.05) is 6.92 Å². The van der Waals surface area contributed by atoms with Crippen LogP contribution < -0.4 is 5.32 Å². The molecule has 2 N–H and O–H groups in total. The van der Waals surface area contributed by atoms with E-state index < -0.39 is 27.8 Å². The Morgan fingerprint density at radius 2 is 2.00 bits per heavy atom. The highest BCUT2D eigenvalue weighted by Crippen LogP contribution is 2.40. The Labute approximate surface area is 185 Å². The molecule has 1 aliphatic heterocycles. The van der Waals surface area contributed by atoms with Gasteiger partial charge in [0.2, 0.25) is 5.91 Å². The first-order valence-electron chi connectivity index (χ1n) is 9.45. The fourth-order valence-electron chi connectivity index (χ4n) is 3.17. The summed E-state index contributed by atoms with van der Waals surface area (Å²) in [6.45, 7) is 2.30. The third kappa shape index (κ3) is 4.70. The molecule has 8 nitrogen and oxygen atoms in total. The fraction of sp³-hybridized carbons (Fsp3) is 0.368. The fourth-order valence-corrected chi connectivity index (χ4v) is 4.53. The van der Waals surface area contributed by atoms with Gasteiger partial charge in [-0.1, -0.05) is 25.1 Å². The van der Waals surface area contributed by atoms with Crippen LogP contribution in [0.1, 0.15) is 41.9 Å². The van der Waals surface area contributed by atoms with E-state index >= 15 is 0 Å². The molecule has 0 aromatic heterocycles. The number of nitrogens with one attached hydrogen (secondary N) is 1. The van der Waals surface area contributed by atoms with Crippen molar-refractivity contribution in [1.82, 2.24) is 10.4 Å². The van der Waals surface area contributed by atoms with E-state index in [1.165, 1.54) is 30.0 Å². The summed E-state index contributed by atoms with van der Waals surface area (Å²) in [7, 11) is -6.16. The third-order valence-corrected chi connectivity index (χ3v) is 6.58. The van der Waals surface area contributed by atoms with E-state index in [1.54, 1.807) is 12.1 Å². The number of hydrogen-bond donors (Lipinski definition) is 2. The maximum absolute atomic E-state index is 12.7. The lowest BCUT2D eigenvalue weighted by atomic mass is 9.94. The molecule has 0 saturated heterocycles. The van der Waals surface area contributed by atoms with Gasteiger partial charge in [-0.3, -0.25) is 9.59 Å². The Morgan fingerprint density at radius 1 is 1.28 bits per heavy atom.